The van der Waals surface area contributed by atoms with Gasteiger partial charge in [-0.15, -0.1) is 0 Å². The van der Waals surface area contributed by atoms with Gasteiger partial charge in [0.2, 0.25) is 0 Å². The summed E-state index contributed by atoms with van der Waals surface area (Å²) in [5.41, 5.74) is 0. The smallest absolute Gasteiger partial charge is 0.102 e. The zero-order valence-electron chi connectivity index (χ0n) is 6.06. The van der Waals surface area contributed by atoms with Crippen LogP contribution in [-0.4, -0.2) is 16.9 Å². The monoisotopic (exact) mass is 147 g/mol. The quantitative estimate of drug-likeness (QED) is 0.471. The lowest BCUT2D eigenvalue weighted by Gasteiger charge is -2.20. The zero-order valence-corrected chi connectivity index (χ0v) is 6.88. The summed E-state index contributed by atoms with van der Waals surface area (Å²) in [6.07, 6.45) is 0. The molecule has 0 heterocycles. The van der Waals surface area contributed by atoms with E-state index in [-0.39, 0.29) is 10.5 Å². The van der Waals surface area contributed by atoms with Crippen LogP contribution in [0.15, 0.2) is 12.3 Å². The molecule has 0 aromatic carbocycles. The van der Waals surface area contributed by atoms with Gasteiger partial charge in [0.25, 0.3) is 0 Å². The summed E-state index contributed by atoms with van der Waals surface area (Å²) in [4.78, 5) is 0. The molecule has 0 rings (SSSR count). The second-order valence-corrected chi connectivity index (χ2v) is 3.90. The van der Waals surface area contributed by atoms with Crippen LogP contribution in [0.1, 0.15) is 13.8 Å². The Morgan fingerprint density at radius 2 is 2.11 bits per heavy atom. The van der Waals surface area contributed by atoms with E-state index in [1.807, 2.05) is 20.9 Å². The van der Waals surface area contributed by atoms with Crippen LogP contribution in [0.25, 0.3) is 0 Å². The van der Waals surface area contributed by atoms with Crippen LogP contribution in [-0.2, 0) is 0 Å². The van der Waals surface area contributed by atoms with Crippen molar-refractivity contribution in [1.29, 1.82) is 0 Å². The summed E-state index contributed by atoms with van der Waals surface area (Å²) < 4.78 is 2.60. The van der Waals surface area contributed by atoms with E-state index in [0.29, 0.717) is 0 Å². The summed E-state index contributed by atoms with van der Waals surface area (Å²) in [5, 5.41) is 8.96. The number of aliphatic hydroxyl groups excluding tert-OH is 1. The van der Waals surface area contributed by atoms with E-state index < -0.39 is 0 Å². The van der Waals surface area contributed by atoms with Crippen molar-refractivity contribution in [3.8, 4) is 0 Å². The molecule has 3 heteroatoms. The molecule has 2 N–H and O–H groups in total. The van der Waals surface area contributed by atoms with Gasteiger partial charge >= 0.3 is 0 Å². The van der Waals surface area contributed by atoms with Crippen LogP contribution < -0.4 is 4.72 Å². The maximum Gasteiger partial charge on any atom is 0.102 e. The first kappa shape index (κ1) is 8.85. The maximum atomic E-state index is 8.96. The Kier molecular flexibility index (Phi) is 3.08. The Labute approximate surface area is 60.5 Å². The lowest BCUT2D eigenvalue weighted by molar-refractivity contribution is 0.369. The molecule has 0 fully saturated rings. The van der Waals surface area contributed by atoms with Gasteiger partial charge in [-0.25, -0.2) is 0 Å². The average molecular weight is 147 g/mol. The predicted molar refractivity (Wildman–Crippen MR) is 42.5 cm³/mol. The normalized spacial score (nSPS) is 11.4. The summed E-state index contributed by atoms with van der Waals surface area (Å²) in [7, 11) is 1.81. The molecular weight excluding hydrogens is 134 g/mol. The summed E-state index contributed by atoms with van der Waals surface area (Å²) in [6, 6.07) is 0. The van der Waals surface area contributed by atoms with Gasteiger partial charge in [0.15, 0.2) is 0 Å². The number of nitrogens with one attached hydrogen (secondary N) is 1. The average Bonchev–Trinajstić information content (AvgIpc) is 1.65. The third kappa shape index (κ3) is 2.77. The van der Waals surface area contributed by atoms with Crippen molar-refractivity contribution in [3.05, 3.63) is 12.3 Å². The van der Waals surface area contributed by atoms with E-state index in [2.05, 4.69) is 11.3 Å². The molecule has 2 nitrogen and oxygen atoms in total. The fraction of sp³-hybridized carbons (Fsp3) is 0.667. The third-order valence-electron chi connectivity index (χ3n) is 1.05. The highest BCUT2D eigenvalue weighted by Gasteiger charge is 2.20. The Hall–Kier alpha value is -0.150. The Bertz CT molecular complexity index is 112. The van der Waals surface area contributed by atoms with E-state index >= 15 is 0 Å². The highest BCUT2D eigenvalue weighted by atomic mass is 32.2. The number of rotatable bonds is 3. The van der Waals surface area contributed by atoms with Crippen LogP contribution in [0.5, 0.6) is 0 Å². The molecule has 0 aromatic rings. The van der Waals surface area contributed by atoms with Crippen molar-refractivity contribution < 1.29 is 5.11 Å². The SMILES string of the molecule is C=C(O)C(C)(C)SNC. The molecule has 0 aliphatic carbocycles. The molecule has 0 radical (unpaired) electrons. The first-order chi connectivity index (χ1) is 4.00. The minimum absolute atomic E-state index is 0.196. The van der Waals surface area contributed by atoms with Crippen LogP contribution in [0.3, 0.4) is 0 Å². The molecule has 0 unspecified atom stereocenters. The number of hydrogen-bond donors (Lipinski definition) is 2. The minimum atomic E-state index is -0.283. The number of hydrogen-bond acceptors (Lipinski definition) is 3. The maximum absolute atomic E-state index is 8.96. The van der Waals surface area contributed by atoms with E-state index in [0.717, 1.165) is 0 Å². The lowest BCUT2D eigenvalue weighted by Crippen LogP contribution is -2.21. The predicted octanol–water partition coefficient (Wildman–Crippen LogP) is 1.70. The molecule has 0 aliphatic rings. The van der Waals surface area contributed by atoms with Gasteiger partial charge in [0.05, 0.1) is 4.75 Å². The zero-order chi connectivity index (χ0) is 7.49. The van der Waals surface area contributed by atoms with Crippen molar-refractivity contribution >= 4 is 11.9 Å². The summed E-state index contributed by atoms with van der Waals surface area (Å²) in [6.45, 7) is 7.24. The Morgan fingerprint density at radius 3 is 2.22 bits per heavy atom. The van der Waals surface area contributed by atoms with Crippen molar-refractivity contribution in [2.45, 2.75) is 18.6 Å². The third-order valence-corrected chi connectivity index (χ3v) is 2.00. The van der Waals surface area contributed by atoms with Crippen LogP contribution >= 0.6 is 11.9 Å². The molecule has 0 aromatic heterocycles. The van der Waals surface area contributed by atoms with Crippen LogP contribution in [0, 0.1) is 0 Å². The largest absolute Gasteiger partial charge is 0.511 e. The summed E-state index contributed by atoms with van der Waals surface area (Å²) >= 11 is 1.44. The van der Waals surface area contributed by atoms with Gasteiger partial charge in [-0.05, 0) is 20.9 Å². The molecule has 0 atom stereocenters. The van der Waals surface area contributed by atoms with Gasteiger partial charge < -0.3 is 5.11 Å². The minimum Gasteiger partial charge on any atom is -0.511 e. The summed E-state index contributed by atoms with van der Waals surface area (Å²) in [5.74, 6) is 0.196. The van der Waals surface area contributed by atoms with Crippen molar-refractivity contribution in [2.75, 3.05) is 7.05 Å². The molecule has 54 valence electrons. The highest BCUT2D eigenvalue weighted by Crippen LogP contribution is 2.26. The van der Waals surface area contributed by atoms with E-state index in [4.69, 9.17) is 5.11 Å². The molecule has 9 heavy (non-hydrogen) atoms. The Morgan fingerprint density at radius 1 is 1.67 bits per heavy atom. The van der Waals surface area contributed by atoms with Gasteiger partial charge in [0, 0.05) is 0 Å². The van der Waals surface area contributed by atoms with Gasteiger partial charge in [-0.3, -0.25) is 4.72 Å². The first-order valence-corrected chi connectivity index (χ1v) is 3.55. The van der Waals surface area contributed by atoms with Gasteiger partial charge in [-0.1, -0.05) is 18.5 Å². The second kappa shape index (κ2) is 3.13. The highest BCUT2D eigenvalue weighted by molar-refractivity contribution is 7.98. The van der Waals surface area contributed by atoms with E-state index in [9.17, 15) is 0 Å². The standard InChI is InChI=1S/C6H13NOS/c1-5(8)6(2,3)9-7-4/h7-8H,1H2,2-4H3. The van der Waals surface area contributed by atoms with Crippen molar-refractivity contribution in [1.82, 2.24) is 4.72 Å². The van der Waals surface area contributed by atoms with E-state index in [1.165, 1.54) is 11.9 Å². The Balaban J connectivity index is 3.85. The van der Waals surface area contributed by atoms with Crippen LogP contribution in [0.2, 0.25) is 0 Å². The molecular formula is C6H13NOS. The fourth-order valence-corrected chi connectivity index (χ4v) is 0.942. The first-order valence-electron chi connectivity index (χ1n) is 2.74. The molecule has 0 aliphatic heterocycles. The van der Waals surface area contributed by atoms with Gasteiger partial charge in [0.1, 0.15) is 5.76 Å². The molecule has 0 saturated carbocycles. The molecule has 0 saturated heterocycles. The van der Waals surface area contributed by atoms with Crippen LogP contribution in [0.4, 0.5) is 0 Å². The lowest BCUT2D eigenvalue weighted by atomic mass is 10.2. The van der Waals surface area contributed by atoms with Crippen molar-refractivity contribution in [2.24, 2.45) is 0 Å². The van der Waals surface area contributed by atoms with E-state index in [1.54, 1.807) is 0 Å². The fourth-order valence-electron chi connectivity index (χ4n) is 0.314. The molecule has 0 amide bonds. The topological polar surface area (TPSA) is 32.3 Å². The van der Waals surface area contributed by atoms with Gasteiger partial charge in [-0.2, -0.15) is 0 Å². The molecule has 0 spiro atoms. The second-order valence-electron chi connectivity index (χ2n) is 2.26. The molecule has 0 bridgehead atoms. The van der Waals surface area contributed by atoms with Crippen molar-refractivity contribution in [3.63, 3.8) is 0 Å². The number of aliphatic hydroxyl groups is 1.